The van der Waals surface area contributed by atoms with Crippen LogP contribution in [0.15, 0.2) is 91.1 Å². The Hall–Kier alpha value is -4.96. The minimum atomic E-state index is -0.231. The first-order valence-corrected chi connectivity index (χ1v) is 11.9. The molecule has 0 aliphatic rings. The van der Waals surface area contributed by atoms with Crippen molar-refractivity contribution in [1.82, 2.24) is 14.8 Å². The third-order valence-corrected chi connectivity index (χ3v) is 6.37. The molecular weight excluding hydrogens is 462 g/mol. The fourth-order valence-electron chi connectivity index (χ4n) is 4.54. The molecule has 0 unspecified atom stereocenters. The second-order valence-electron chi connectivity index (χ2n) is 8.71. The number of ether oxygens (including phenoxy) is 1. The largest absolute Gasteiger partial charge is 0.494 e. The Morgan fingerprint density at radius 2 is 1.70 bits per heavy atom. The number of fused-ring (bicyclic) bond motifs is 1. The number of nitriles is 1. The van der Waals surface area contributed by atoms with Crippen LogP contribution in [0, 0.1) is 18.3 Å². The van der Waals surface area contributed by atoms with Crippen molar-refractivity contribution in [2.75, 3.05) is 12.4 Å². The summed E-state index contributed by atoms with van der Waals surface area (Å²) < 4.78 is 7.00. The van der Waals surface area contributed by atoms with E-state index in [0.29, 0.717) is 17.1 Å². The first kappa shape index (κ1) is 23.8. The molecule has 0 aliphatic carbocycles. The van der Waals surface area contributed by atoms with Gasteiger partial charge in [-0.25, -0.2) is 4.98 Å². The zero-order chi connectivity index (χ0) is 25.8. The predicted molar refractivity (Wildman–Crippen MR) is 143 cm³/mol. The molecule has 0 spiro atoms. The van der Waals surface area contributed by atoms with Crippen molar-refractivity contribution >= 4 is 22.6 Å². The van der Waals surface area contributed by atoms with Crippen molar-refractivity contribution in [3.63, 3.8) is 0 Å². The van der Waals surface area contributed by atoms with Gasteiger partial charge in [0.1, 0.15) is 22.9 Å². The van der Waals surface area contributed by atoms with Gasteiger partial charge in [0, 0.05) is 17.7 Å². The van der Waals surface area contributed by atoms with Crippen LogP contribution in [0.25, 0.3) is 16.7 Å². The van der Waals surface area contributed by atoms with Gasteiger partial charge in [-0.05, 0) is 35.7 Å². The van der Waals surface area contributed by atoms with Crippen molar-refractivity contribution in [2.45, 2.75) is 19.3 Å². The quantitative estimate of drug-likeness (QED) is 0.315. The van der Waals surface area contributed by atoms with Gasteiger partial charge in [0.05, 0.1) is 13.3 Å². The Balaban J connectivity index is 1.50. The van der Waals surface area contributed by atoms with Gasteiger partial charge in [0.25, 0.3) is 0 Å². The summed E-state index contributed by atoms with van der Waals surface area (Å²) in [6, 6.07) is 29.6. The van der Waals surface area contributed by atoms with Crippen LogP contribution >= 0.6 is 0 Å². The minimum Gasteiger partial charge on any atom is -0.494 e. The molecular formula is C30H25N5O2. The SMILES string of the molecule is COc1cccc2c(C)cc(-n3ncc(C#N)c3NC(=O)CC(c3ccccc3)c3ccccc3)nc12. The third kappa shape index (κ3) is 4.78. The lowest BCUT2D eigenvalue weighted by Crippen LogP contribution is -2.19. The molecule has 3 aromatic carbocycles. The molecule has 0 saturated heterocycles. The lowest BCUT2D eigenvalue weighted by Gasteiger charge is -2.18. The summed E-state index contributed by atoms with van der Waals surface area (Å²) >= 11 is 0. The summed E-state index contributed by atoms with van der Waals surface area (Å²) in [5, 5.41) is 18.0. The first-order valence-electron chi connectivity index (χ1n) is 11.9. The molecule has 0 saturated carbocycles. The molecule has 5 rings (SSSR count). The Morgan fingerprint density at radius 1 is 1.03 bits per heavy atom. The number of carbonyl (C=O) groups excluding carboxylic acids is 1. The number of nitrogens with one attached hydrogen (secondary N) is 1. The van der Waals surface area contributed by atoms with Gasteiger partial charge in [0.15, 0.2) is 11.6 Å². The van der Waals surface area contributed by atoms with Gasteiger partial charge in [-0.3, -0.25) is 4.79 Å². The van der Waals surface area contributed by atoms with Gasteiger partial charge in [0.2, 0.25) is 5.91 Å². The topological polar surface area (TPSA) is 92.8 Å². The number of pyridine rings is 1. The molecule has 37 heavy (non-hydrogen) atoms. The Labute approximate surface area is 215 Å². The number of hydrogen-bond donors (Lipinski definition) is 1. The van der Waals surface area contributed by atoms with Crippen molar-refractivity contribution in [3.8, 4) is 17.6 Å². The molecule has 0 radical (unpaired) electrons. The maximum Gasteiger partial charge on any atom is 0.226 e. The zero-order valence-corrected chi connectivity index (χ0v) is 20.6. The molecule has 2 heterocycles. The van der Waals surface area contributed by atoms with Gasteiger partial charge < -0.3 is 10.1 Å². The summed E-state index contributed by atoms with van der Waals surface area (Å²) in [4.78, 5) is 18.2. The summed E-state index contributed by atoms with van der Waals surface area (Å²) in [6.45, 7) is 1.98. The summed E-state index contributed by atoms with van der Waals surface area (Å²) in [5.41, 5.74) is 3.98. The number of amides is 1. The van der Waals surface area contributed by atoms with Crippen LogP contribution in [0.3, 0.4) is 0 Å². The van der Waals surface area contributed by atoms with E-state index < -0.39 is 0 Å². The normalized spacial score (nSPS) is 10.9. The van der Waals surface area contributed by atoms with Gasteiger partial charge in [-0.15, -0.1) is 0 Å². The van der Waals surface area contributed by atoms with Crippen molar-refractivity contribution < 1.29 is 9.53 Å². The second-order valence-corrected chi connectivity index (χ2v) is 8.71. The minimum absolute atomic E-state index is 0.144. The van der Waals surface area contributed by atoms with E-state index in [-0.39, 0.29) is 29.6 Å². The smallest absolute Gasteiger partial charge is 0.226 e. The number of aromatic nitrogens is 3. The van der Waals surface area contributed by atoms with Gasteiger partial charge >= 0.3 is 0 Å². The Kier molecular flexibility index (Phi) is 6.64. The molecule has 0 aliphatic heterocycles. The first-order chi connectivity index (χ1) is 18.1. The molecule has 7 nitrogen and oxygen atoms in total. The predicted octanol–water partition coefficient (Wildman–Crippen LogP) is 5.77. The summed E-state index contributed by atoms with van der Waals surface area (Å²) in [6.07, 6.45) is 1.63. The molecule has 1 N–H and O–H groups in total. The molecule has 182 valence electrons. The highest BCUT2D eigenvalue weighted by Gasteiger charge is 2.22. The van der Waals surface area contributed by atoms with Crippen LogP contribution in [0.4, 0.5) is 5.82 Å². The van der Waals surface area contributed by atoms with Crippen LogP contribution in [0.5, 0.6) is 5.75 Å². The van der Waals surface area contributed by atoms with E-state index in [4.69, 9.17) is 9.72 Å². The monoisotopic (exact) mass is 487 g/mol. The van der Waals surface area contributed by atoms with Crippen molar-refractivity contribution in [2.24, 2.45) is 0 Å². The number of rotatable bonds is 7. The lowest BCUT2D eigenvalue weighted by atomic mass is 9.88. The number of carbonyl (C=O) groups is 1. The highest BCUT2D eigenvalue weighted by molar-refractivity contribution is 5.93. The van der Waals surface area contributed by atoms with Crippen LogP contribution in [0.1, 0.15) is 34.6 Å². The summed E-state index contributed by atoms with van der Waals surface area (Å²) in [7, 11) is 1.60. The number of para-hydroxylation sites is 1. The molecule has 7 heteroatoms. The number of aryl methyl sites for hydroxylation is 1. The van der Waals surface area contributed by atoms with E-state index in [2.05, 4.69) is 16.5 Å². The second kappa shape index (κ2) is 10.3. The standard InChI is InChI=1S/C30H25N5O2/c1-20-16-27(33-29-24(20)14-9-15-26(29)37-2)35-30(23(18-31)19-32-35)34-28(36)17-25(21-10-5-3-6-11-21)22-12-7-4-8-13-22/h3-16,19,25H,17H2,1-2H3,(H,34,36). The molecule has 5 aromatic rings. The number of anilines is 1. The van der Waals surface area contributed by atoms with Crippen LogP contribution in [-0.2, 0) is 4.79 Å². The maximum atomic E-state index is 13.4. The third-order valence-electron chi connectivity index (χ3n) is 6.37. The van der Waals surface area contributed by atoms with Crippen LogP contribution in [0.2, 0.25) is 0 Å². The number of nitrogens with zero attached hydrogens (tertiary/aromatic N) is 4. The van der Waals surface area contributed by atoms with Gasteiger partial charge in [-0.2, -0.15) is 15.0 Å². The summed E-state index contributed by atoms with van der Waals surface area (Å²) in [5.74, 6) is 1.03. The van der Waals surface area contributed by atoms with Crippen molar-refractivity contribution in [3.05, 3.63) is 113 Å². The maximum absolute atomic E-state index is 13.4. The average molecular weight is 488 g/mol. The van der Waals surface area contributed by atoms with Crippen LogP contribution in [-0.4, -0.2) is 27.8 Å². The fourth-order valence-corrected chi connectivity index (χ4v) is 4.54. The van der Waals surface area contributed by atoms with E-state index in [0.717, 1.165) is 22.1 Å². The van der Waals surface area contributed by atoms with E-state index >= 15 is 0 Å². The van der Waals surface area contributed by atoms with E-state index in [1.165, 1.54) is 10.9 Å². The fraction of sp³-hybridized carbons (Fsp3) is 0.133. The zero-order valence-electron chi connectivity index (χ0n) is 20.6. The molecule has 0 bridgehead atoms. The molecule has 2 aromatic heterocycles. The number of benzene rings is 3. The molecule has 1 amide bonds. The highest BCUT2D eigenvalue weighted by Crippen LogP contribution is 2.31. The average Bonchev–Trinajstić information content (AvgIpc) is 3.34. The van der Waals surface area contributed by atoms with E-state index in [1.807, 2.05) is 91.9 Å². The Bertz CT molecular complexity index is 1560. The van der Waals surface area contributed by atoms with E-state index in [1.54, 1.807) is 7.11 Å². The molecule has 0 atom stereocenters. The highest BCUT2D eigenvalue weighted by atomic mass is 16.5. The van der Waals surface area contributed by atoms with Gasteiger partial charge in [-0.1, -0.05) is 72.8 Å². The van der Waals surface area contributed by atoms with Crippen LogP contribution < -0.4 is 10.1 Å². The number of methoxy groups -OCH3 is 1. The lowest BCUT2D eigenvalue weighted by molar-refractivity contribution is -0.116. The van der Waals surface area contributed by atoms with E-state index in [9.17, 15) is 10.1 Å². The Morgan fingerprint density at radius 3 is 2.32 bits per heavy atom. The molecule has 0 fully saturated rings. The number of hydrogen-bond acceptors (Lipinski definition) is 5. The van der Waals surface area contributed by atoms with Crippen molar-refractivity contribution in [1.29, 1.82) is 5.26 Å².